The first-order valence-corrected chi connectivity index (χ1v) is 11.5. The molecule has 0 fully saturated rings. The van der Waals surface area contributed by atoms with Crippen LogP contribution in [-0.4, -0.2) is 10.9 Å². The van der Waals surface area contributed by atoms with E-state index in [4.69, 9.17) is 4.98 Å². The zero-order valence-corrected chi connectivity index (χ0v) is 19.1. The molecule has 0 aliphatic heterocycles. The van der Waals surface area contributed by atoms with Gasteiger partial charge in [-0.3, -0.25) is 9.78 Å². The lowest BCUT2D eigenvalue weighted by Crippen LogP contribution is -2.28. The van der Waals surface area contributed by atoms with E-state index < -0.39 is 0 Å². The van der Waals surface area contributed by atoms with Gasteiger partial charge in [-0.25, -0.2) is 0 Å². The molecule has 0 saturated heterocycles. The zero-order valence-electron chi connectivity index (χ0n) is 19.1. The lowest BCUT2D eigenvalue weighted by molar-refractivity contribution is -0.119. The molecule has 5 rings (SSSR count). The summed E-state index contributed by atoms with van der Waals surface area (Å²) in [5, 5.41) is 4.28. The third-order valence-corrected chi connectivity index (χ3v) is 6.02. The Morgan fingerprint density at radius 1 is 0.706 bits per heavy atom. The summed E-state index contributed by atoms with van der Waals surface area (Å²) in [6, 6.07) is 39.4. The Morgan fingerprint density at radius 2 is 1.29 bits per heavy atom. The Hall–Kier alpha value is -4.24. The van der Waals surface area contributed by atoms with Crippen molar-refractivity contribution in [2.75, 3.05) is 0 Å². The second kappa shape index (κ2) is 9.72. The standard InChI is InChI=1S/C31H26N2O/c1-22(34)32-31(21-29-17-16-25-14-8-9-15-30(25)33-29)28-19-26(23-10-4-2-5-11-23)18-27(20-28)24-12-6-3-7-13-24/h2-20,31H,21H2,1H3,(H,32,34)/t31-/m1/s1. The summed E-state index contributed by atoms with van der Waals surface area (Å²) in [6.45, 7) is 1.57. The molecule has 4 aromatic carbocycles. The first-order chi connectivity index (χ1) is 16.7. The normalized spacial score (nSPS) is 11.8. The highest BCUT2D eigenvalue weighted by atomic mass is 16.1. The number of aromatic nitrogens is 1. The van der Waals surface area contributed by atoms with Crippen molar-refractivity contribution in [3.05, 3.63) is 127 Å². The largest absolute Gasteiger partial charge is 0.349 e. The maximum absolute atomic E-state index is 12.2. The van der Waals surface area contributed by atoms with Gasteiger partial charge >= 0.3 is 0 Å². The molecule has 1 heterocycles. The number of benzene rings is 4. The van der Waals surface area contributed by atoms with Crippen molar-refractivity contribution in [2.45, 2.75) is 19.4 Å². The van der Waals surface area contributed by atoms with Gasteiger partial charge in [0.25, 0.3) is 0 Å². The van der Waals surface area contributed by atoms with Crippen LogP contribution in [0.25, 0.3) is 33.2 Å². The summed E-state index contributed by atoms with van der Waals surface area (Å²) in [5.41, 5.74) is 7.51. The van der Waals surface area contributed by atoms with E-state index in [1.807, 2.05) is 30.3 Å². The summed E-state index contributed by atoms with van der Waals surface area (Å²) < 4.78 is 0. The molecule has 3 nitrogen and oxygen atoms in total. The van der Waals surface area contributed by atoms with Gasteiger partial charge in [0, 0.05) is 24.4 Å². The highest BCUT2D eigenvalue weighted by molar-refractivity contribution is 5.79. The van der Waals surface area contributed by atoms with Crippen LogP contribution in [0.4, 0.5) is 0 Å². The predicted molar refractivity (Wildman–Crippen MR) is 139 cm³/mol. The van der Waals surface area contributed by atoms with Crippen LogP contribution in [0, 0.1) is 0 Å². The molecular formula is C31H26N2O. The van der Waals surface area contributed by atoms with Gasteiger partial charge in [0.1, 0.15) is 0 Å². The van der Waals surface area contributed by atoms with E-state index in [2.05, 4.69) is 90.2 Å². The summed E-state index contributed by atoms with van der Waals surface area (Å²) in [5.74, 6) is -0.0582. The fourth-order valence-corrected chi connectivity index (χ4v) is 4.38. The van der Waals surface area contributed by atoms with Crippen LogP contribution in [0.2, 0.25) is 0 Å². The Labute approximate surface area is 200 Å². The quantitative estimate of drug-likeness (QED) is 0.308. The van der Waals surface area contributed by atoms with Crippen molar-refractivity contribution in [1.82, 2.24) is 10.3 Å². The number of hydrogen-bond acceptors (Lipinski definition) is 2. The summed E-state index contributed by atoms with van der Waals surface area (Å²) in [7, 11) is 0. The number of nitrogens with zero attached hydrogens (tertiary/aromatic N) is 1. The van der Waals surface area contributed by atoms with Gasteiger partial charge in [-0.05, 0) is 58.1 Å². The highest BCUT2D eigenvalue weighted by Crippen LogP contribution is 2.32. The van der Waals surface area contributed by atoms with Crippen LogP contribution in [0.5, 0.6) is 0 Å². The third-order valence-electron chi connectivity index (χ3n) is 6.02. The number of rotatable bonds is 6. The second-order valence-corrected chi connectivity index (χ2v) is 8.53. The van der Waals surface area contributed by atoms with Crippen LogP contribution in [-0.2, 0) is 11.2 Å². The fourth-order valence-electron chi connectivity index (χ4n) is 4.38. The molecule has 1 atom stereocenters. The lowest BCUT2D eigenvalue weighted by atomic mass is 9.92. The van der Waals surface area contributed by atoms with E-state index in [1.165, 1.54) is 0 Å². The molecule has 1 N–H and O–H groups in total. The smallest absolute Gasteiger partial charge is 0.217 e. The van der Waals surface area contributed by atoms with Gasteiger partial charge in [0.15, 0.2) is 0 Å². The molecule has 0 spiro atoms. The Kier molecular flexibility index (Phi) is 6.17. The molecule has 0 saturated carbocycles. The molecule has 1 aromatic heterocycles. The van der Waals surface area contributed by atoms with Crippen LogP contribution in [0.1, 0.15) is 24.2 Å². The molecule has 0 aliphatic rings. The number of nitrogens with one attached hydrogen (secondary N) is 1. The van der Waals surface area contributed by atoms with Gasteiger partial charge in [0.2, 0.25) is 5.91 Å². The molecule has 5 aromatic rings. The van der Waals surface area contributed by atoms with Crippen LogP contribution < -0.4 is 5.32 Å². The van der Waals surface area contributed by atoms with Crippen molar-refractivity contribution in [3.8, 4) is 22.3 Å². The van der Waals surface area contributed by atoms with E-state index in [-0.39, 0.29) is 11.9 Å². The first kappa shape index (κ1) is 21.6. The minimum atomic E-state index is -0.197. The van der Waals surface area contributed by atoms with Gasteiger partial charge < -0.3 is 5.32 Å². The number of hydrogen-bond donors (Lipinski definition) is 1. The molecule has 166 valence electrons. The van der Waals surface area contributed by atoms with E-state index in [1.54, 1.807) is 6.92 Å². The third kappa shape index (κ3) is 4.89. The van der Waals surface area contributed by atoms with Crippen molar-refractivity contribution in [1.29, 1.82) is 0 Å². The molecule has 3 heteroatoms. The van der Waals surface area contributed by atoms with E-state index >= 15 is 0 Å². The van der Waals surface area contributed by atoms with Gasteiger partial charge in [-0.15, -0.1) is 0 Å². The second-order valence-electron chi connectivity index (χ2n) is 8.53. The average molecular weight is 443 g/mol. The van der Waals surface area contributed by atoms with Crippen molar-refractivity contribution in [3.63, 3.8) is 0 Å². The maximum atomic E-state index is 12.2. The number of carbonyl (C=O) groups excluding carboxylic acids is 1. The number of pyridine rings is 1. The molecular weight excluding hydrogens is 416 g/mol. The topological polar surface area (TPSA) is 42.0 Å². The molecule has 0 radical (unpaired) electrons. The first-order valence-electron chi connectivity index (χ1n) is 11.5. The van der Waals surface area contributed by atoms with Crippen molar-refractivity contribution < 1.29 is 4.79 Å². The number of para-hydroxylation sites is 1. The number of amides is 1. The Morgan fingerprint density at radius 3 is 1.91 bits per heavy atom. The number of carbonyl (C=O) groups is 1. The number of fused-ring (bicyclic) bond motifs is 1. The van der Waals surface area contributed by atoms with Crippen molar-refractivity contribution >= 4 is 16.8 Å². The summed E-state index contributed by atoms with van der Waals surface area (Å²) >= 11 is 0. The van der Waals surface area contributed by atoms with Crippen LogP contribution >= 0.6 is 0 Å². The fraction of sp³-hybridized carbons (Fsp3) is 0.0968. The van der Waals surface area contributed by atoms with E-state index in [9.17, 15) is 4.79 Å². The van der Waals surface area contributed by atoms with Gasteiger partial charge in [-0.1, -0.05) is 84.9 Å². The van der Waals surface area contributed by atoms with Crippen LogP contribution in [0.3, 0.4) is 0 Å². The van der Waals surface area contributed by atoms with E-state index in [0.29, 0.717) is 6.42 Å². The molecule has 0 aliphatic carbocycles. The highest BCUT2D eigenvalue weighted by Gasteiger charge is 2.17. The monoisotopic (exact) mass is 442 g/mol. The Balaban J connectivity index is 1.60. The van der Waals surface area contributed by atoms with Crippen molar-refractivity contribution in [2.24, 2.45) is 0 Å². The minimum absolute atomic E-state index is 0.0582. The average Bonchev–Trinajstić information content (AvgIpc) is 2.89. The van der Waals surface area contributed by atoms with Gasteiger partial charge in [0.05, 0.1) is 11.6 Å². The Bertz CT molecular complexity index is 1370. The SMILES string of the molecule is CC(=O)N[C@H](Cc1ccc2ccccc2n1)c1cc(-c2ccccc2)cc(-c2ccccc2)c1. The molecule has 34 heavy (non-hydrogen) atoms. The van der Waals surface area contributed by atoms with E-state index in [0.717, 1.165) is 44.4 Å². The minimum Gasteiger partial charge on any atom is -0.349 e. The summed E-state index contributed by atoms with van der Waals surface area (Å²) in [6.07, 6.45) is 0.608. The predicted octanol–water partition coefficient (Wildman–Crippen LogP) is 6.99. The zero-order chi connectivity index (χ0) is 23.3. The van der Waals surface area contributed by atoms with Crippen LogP contribution in [0.15, 0.2) is 115 Å². The lowest BCUT2D eigenvalue weighted by Gasteiger charge is -2.21. The van der Waals surface area contributed by atoms with Gasteiger partial charge in [-0.2, -0.15) is 0 Å². The molecule has 0 unspecified atom stereocenters. The summed E-state index contributed by atoms with van der Waals surface area (Å²) in [4.78, 5) is 17.1. The molecule has 1 amide bonds. The maximum Gasteiger partial charge on any atom is 0.217 e. The molecule has 0 bridgehead atoms.